The van der Waals surface area contributed by atoms with Crippen LogP contribution in [-0.2, 0) is 6.42 Å². The molecule has 1 aliphatic carbocycles. The molecule has 0 N–H and O–H groups in total. The van der Waals surface area contributed by atoms with Crippen LogP contribution in [0.2, 0.25) is 0 Å². The number of nitriles is 2. The third-order valence-corrected chi connectivity index (χ3v) is 13.5. The van der Waals surface area contributed by atoms with Gasteiger partial charge in [-0.05, 0) is 127 Å². The Labute approximate surface area is 460 Å². The average molecular weight is 1020 g/mol. The molecule has 6 aromatic rings. The van der Waals surface area contributed by atoms with E-state index in [0.29, 0.717) is 60.6 Å². The van der Waals surface area contributed by atoms with E-state index in [2.05, 4.69) is 124 Å². The fraction of sp³-hybridized carbons (Fsp3) is 0.352. The van der Waals surface area contributed by atoms with Gasteiger partial charge in [-0.2, -0.15) is 10.5 Å². The number of hydrogen-bond acceptors (Lipinski definition) is 6. The van der Waals surface area contributed by atoms with Crippen LogP contribution in [0.15, 0.2) is 109 Å². The SMILES string of the molecule is CCCCCCOc1cc(C#Cc2ccc3c(c2)-c2cc(C#Cc4cc(OCCCCCC)c(C#Cc5ccc(C#N)cc5)cc4OCCCCCC)ccc2C3)c(OCCCCCC)cc1C#Cc1ccc(C#N)cc1. The van der Waals surface area contributed by atoms with E-state index < -0.39 is 0 Å². The second kappa shape index (κ2) is 30.9. The third kappa shape index (κ3) is 17.4. The molecule has 0 bridgehead atoms. The van der Waals surface area contributed by atoms with Crippen molar-refractivity contribution in [1.29, 1.82) is 10.5 Å². The summed E-state index contributed by atoms with van der Waals surface area (Å²) in [5, 5.41) is 18.6. The first kappa shape index (κ1) is 56.5. The zero-order valence-corrected chi connectivity index (χ0v) is 45.8. The van der Waals surface area contributed by atoms with Crippen LogP contribution in [0.5, 0.6) is 23.0 Å². The zero-order valence-electron chi connectivity index (χ0n) is 45.8. The highest BCUT2D eigenvalue weighted by atomic mass is 16.5. The lowest BCUT2D eigenvalue weighted by Gasteiger charge is -2.14. The fourth-order valence-electron chi connectivity index (χ4n) is 8.97. The maximum Gasteiger partial charge on any atom is 0.136 e. The highest BCUT2D eigenvalue weighted by molar-refractivity contribution is 5.79. The topological polar surface area (TPSA) is 84.5 Å². The number of benzene rings is 6. The highest BCUT2D eigenvalue weighted by Crippen LogP contribution is 2.38. The van der Waals surface area contributed by atoms with Crippen molar-refractivity contribution >= 4 is 0 Å². The molecule has 0 saturated carbocycles. The Hall–Kier alpha value is -8.26. The molecule has 0 unspecified atom stereocenters. The Kier molecular flexibility index (Phi) is 22.7. The van der Waals surface area contributed by atoms with Gasteiger partial charge in [-0.25, -0.2) is 0 Å². The van der Waals surface area contributed by atoms with Gasteiger partial charge in [-0.15, -0.1) is 0 Å². The number of nitrogens with zero attached hydrogens (tertiary/aromatic N) is 2. The van der Waals surface area contributed by atoms with Crippen molar-refractivity contribution in [3.8, 4) is 93.6 Å². The lowest BCUT2D eigenvalue weighted by molar-refractivity contribution is 0.295. The molecular formula is C71H72N2O4. The van der Waals surface area contributed by atoms with Crippen molar-refractivity contribution in [3.05, 3.63) is 176 Å². The molecule has 6 heteroatoms. The quantitative estimate of drug-likeness (QED) is 0.0443. The zero-order chi connectivity index (χ0) is 53.9. The largest absolute Gasteiger partial charge is 0.492 e. The molecule has 390 valence electrons. The summed E-state index contributed by atoms with van der Waals surface area (Å²) in [6, 6.07) is 40.0. The molecule has 6 aromatic carbocycles. The van der Waals surface area contributed by atoms with Crippen molar-refractivity contribution in [3.63, 3.8) is 0 Å². The van der Waals surface area contributed by atoms with E-state index in [1.165, 1.54) is 11.1 Å². The van der Waals surface area contributed by atoms with E-state index >= 15 is 0 Å². The van der Waals surface area contributed by atoms with Crippen molar-refractivity contribution in [2.45, 2.75) is 137 Å². The first-order chi connectivity index (χ1) is 37.9. The van der Waals surface area contributed by atoms with Gasteiger partial charge in [-0.1, -0.05) is 164 Å². The van der Waals surface area contributed by atoms with Crippen molar-refractivity contribution < 1.29 is 18.9 Å². The summed E-state index contributed by atoms with van der Waals surface area (Å²) in [5.74, 6) is 30.0. The molecule has 1 aliphatic rings. The van der Waals surface area contributed by atoms with Crippen molar-refractivity contribution in [2.24, 2.45) is 0 Å². The predicted molar refractivity (Wildman–Crippen MR) is 312 cm³/mol. The van der Waals surface area contributed by atoms with Gasteiger partial charge in [0.15, 0.2) is 0 Å². The molecule has 0 saturated heterocycles. The van der Waals surface area contributed by atoms with Gasteiger partial charge in [0.25, 0.3) is 0 Å². The maximum absolute atomic E-state index is 9.32. The van der Waals surface area contributed by atoms with Gasteiger partial charge in [0, 0.05) is 46.5 Å². The molecule has 0 radical (unpaired) electrons. The molecule has 6 nitrogen and oxygen atoms in total. The van der Waals surface area contributed by atoms with Crippen molar-refractivity contribution in [2.75, 3.05) is 26.4 Å². The Morgan fingerprint density at radius 2 is 0.584 bits per heavy atom. The van der Waals surface area contributed by atoms with E-state index in [1.807, 2.05) is 48.5 Å². The maximum atomic E-state index is 9.32. The minimum atomic E-state index is 0.581. The van der Waals surface area contributed by atoms with Crippen LogP contribution in [0.4, 0.5) is 0 Å². The summed E-state index contributed by atoms with van der Waals surface area (Å²) in [7, 11) is 0. The molecule has 0 fully saturated rings. The molecule has 0 aromatic heterocycles. The number of hydrogen-bond donors (Lipinski definition) is 0. The second-order valence-electron chi connectivity index (χ2n) is 19.6. The summed E-state index contributed by atoms with van der Waals surface area (Å²) < 4.78 is 26.0. The first-order valence-corrected chi connectivity index (χ1v) is 28.1. The summed E-state index contributed by atoms with van der Waals surface area (Å²) in [4.78, 5) is 0. The van der Waals surface area contributed by atoms with E-state index in [1.54, 1.807) is 24.3 Å². The number of fused-ring (bicyclic) bond motifs is 3. The van der Waals surface area contributed by atoms with E-state index in [4.69, 9.17) is 18.9 Å². The Morgan fingerprint density at radius 3 is 0.870 bits per heavy atom. The van der Waals surface area contributed by atoms with Gasteiger partial charge < -0.3 is 18.9 Å². The number of ether oxygens (including phenoxy) is 4. The smallest absolute Gasteiger partial charge is 0.136 e. The molecule has 7 rings (SSSR count). The Morgan fingerprint density at radius 1 is 0.312 bits per heavy atom. The van der Waals surface area contributed by atoms with Crippen LogP contribution in [0.1, 0.15) is 197 Å². The summed E-state index contributed by atoms with van der Waals surface area (Å²) in [6.07, 6.45) is 18.3. The van der Waals surface area contributed by atoms with Crippen LogP contribution in [0, 0.1) is 70.0 Å². The molecule has 0 amide bonds. The molecule has 77 heavy (non-hydrogen) atoms. The molecular weight excluding hydrogens is 945 g/mol. The molecule has 0 heterocycles. The van der Waals surface area contributed by atoms with Gasteiger partial charge >= 0.3 is 0 Å². The minimum absolute atomic E-state index is 0.581. The highest BCUT2D eigenvalue weighted by Gasteiger charge is 2.20. The van der Waals surface area contributed by atoms with E-state index in [9.17, 15) is 10.5 Å². The Balaban J connectivity index is 1.21. The van der Waals surface area contributed by atoms with Crippen LogP contribution < -0.4 is 18.9 Å². The molecule has 0 atom stereocenters. The third-order valence-electron chi connectivity index (χ3n) is 13.5. The van der Waals surface area contributed by atoms with Crippen LogP contribution in [0.25, 0.3) is 11.1 Å². The summed E-state index contributed by atoms with van der Waals surface area (Å²) in [5.41, 5.74) is 12.5. The second-order valence-corrected chi connectivity index (χ2v) is 19.6. The fourth-order valence-corrected chi connectivity index (χ4v) is 8.97. The van der Waals surface area contributed by atoms with E-state index in [0.717, 1.165) is 165 Å². The minimum Gasteiger partial charge on any atom is -0.492 e. The van der Waals surface area contributed by atoms with Crippen molar-refractivity contribution in [1.82, 2.24) is 0 Å². The summed E-state index contributed by atoms with van der Waals surface area (Å²) >= 11 is 0. The van der Waals surface area contributed by atoms with Crippen LogP contribution in [0.3, 0.4) is 0 Å². The Bertz CT molecular complexity index is 3050. The average Bonchev–Trinajstić information content (AvgIpc) is 3.83. The normalized spacial score (nSPS) is 10.6. The standard InChI is InChI=1S/C71H72N2O4/c1-5-9-13-17-41-74-68-50-64(70(76-43-19-15-11-7-3)48-62(68)37-29-54-21-25-58(52-72)26-22-54)39-33-56-31-35-60-47-61-36-32-57(46-67(61)66(60)45-56)34-40-65-51-69(75-42-18-14-10-6-2)63(49-71(65)77-44-20-16-12-8-4)38-30-55-23-27-59(53-73)28-24-55/h21-28,31-32,35-36,45-46,48-51H,5-20,41-44,47H2,1-4H3. The lowest BCUT2D eigenvalue weighted by Crippen LogP contribution is -2.03. The van der Waals surface area contributed by atoms with Crippen LogP contribution in [-0.4, -0.2) is 26.4 Å². The van der Waals surface area contributed by atoms with E-state index in [-0.39, 0.29) is 0 Å². The van der Waals surface area contributed by atoms with Gasteiger partial charge in [0.05, 0.1) is 71.9 Å². The number of unbranched alkanes of at least 4 members (excludes halogenated alkanes) is 12. The predicted octanol–water partition coefficient (Wildman–Crippen LogP) is 16.4. The van der Waals surface area contributed by atoms with Gasteiger partial charge in [0.2, 0.25) is 0 Å². The number of rotatable bonds is 24. The molecule has 0 aliphatic heterocycles. The molecule has 0 spiro atoms. The van der Waals surface area contributed by atoms with Gasteiger partial charge in [0.1, 0.15) is 23.0 Å². The summed E-state index contributed by atoms with van der Waals surface area (Å²) in [6.45, 7) is 11.2. The first-order valence-electron chi connectivity index (χ1n) is 28.1. The monoisotopic (exact) mass is 1020 g/mol. The van der Waals surface area contributed by atoms with Gasteiger partial charge in [-0.3, -0.25) is 0 Å². The lowest BCUT2D eigenvalue weighted by atomic mass is 10.0. The van der Waals surface area contributed by atoms with Crippen LogP contribution >= 0.6 is 0 Å².